The van der Waals surface area contributed by atoms with E-state index in [9.17, 15) is 14.0 Å². The second-order valence-corrected chi connectivity index (χ2v) is 7.30. The first kappa shape index (κ1) is 23.5. The Hall–Kier alpha value is -2.74. The highest BCUT2D eigenvalue weighted by Gasteiger charge is 2.26. The summed E-state index contributed by atoms with van der Waals surface area (Å²) in [6.07, 6.45) is 1.57. The van der Waals surface area contributed by atoms with E-state index in [0.29, 0.717) is 12.2 Å². The summed E-state index contributed by atoms with van der Waals surface area (Å²) in [5.41, 5.74) is -0.0434. The van der Waals surface area contributed by atoms with Crippen molar-refractivity contribution in [2.24, 2.45) is 0 Å². The zero-order valence-corrected chi connectivity index (χ0v) is 18.2. The lowest BCUT2D eigenvalue weighted by atomic mass is 10.1. The zero-order chi connectivity index (χ0) is 22.1. The summed E-state index contributed by atoms with van der Waals surface area (Å²) in [4.78, 5) is 29.3. The molecule has 1 aromatic carbocycles. The molecule has 1 N–H and O–H groups in total. The van der Waals surface area contributed by atoms with Crippen LogP contribution in [0.4, 0.5) is 10.2 Å². The van der Waals surface area contributed by atoms with E-state index in [0.717, 1.165) is 26.1 Å². The summed E-state index contributed by atoms with van der Waals surface area (Å²) in [7, 11) is 0. The molecule has 0 radical (unpaired) electrons. The van der Waals surface area contributed by atoms with Gasteiger partial charge in [0.1, 0.15) is 18.1 Å². The summed E-state index contributed by atoms with van der Waals surface area (Å²) in [6, 6.07) is 7.17. The average molecular weight is 419 g/mol. The lowest BCUT2D eigenvalue weighted by Gasteiger charge is -2.29. The molecule has 30 heavy (non-hydrogen) atoms. The van der Waals surface area contributed by atoms with Gasteiger partial charge in [0.15, 0.2) is 5.82 Å². The third kappa shape index (κ3) is 6.66. The van der Waals surface area contributed by atoms with Crippen LogP contribution in [0.5, 0.6) is 0 Å². The highest BCUT2D eigenvalue weighted by atomic mass is 19.1. The summed E-state index contributed by atoms with van der Waals surface area (Å²) in [5.74, 6) is -0.673. The molecule has 0 spiro atoms. The topological polar surface area (TPSA) is 78.7 Å². The molecule has 0 aliphatic rings. The van der Waals surface area contributed by atoms with Crippen molar-refractivity contribution in [1.82, 2.24) is 15.0 Å². The average Bonchev–Trinajstić information content (AvgIpc) is 3.13. The molecule has 1 unspecified atom stereocenters. The number of halogens is 1. The number of aryl methyl sites for hydroxylation is 1. The molecule has 0 saturated heterocycles. The van der Waals surface area contributed by atoms with Crippen LogP contribution in [-0.2, 0) is 4.79 Å². The number of anilines is 1. The molecule has 7 nitrogen and oxygen atoms in total. The minimum Gasteiger partial charge on any atom is -0.360 e. The molecule has 2 aromatic rings. The van der Waals surface area contributed by atoms with E-state index < -0.39 is 17.6 Å². The van der Waals surface area contributed by atoms with Gasteiger partial charge in [-0.2, -0.15) is 0 Å². The van der Waals surface area contributed by atoms with E-state index in [1.54, 1.807) is 19.1 Å². The maximum absolute atomic E-state index is 14.2. The quantitative estimate of drug-likeness (QED) is 0.602. The molecule has 0 fully saturated rings. The smallest absolute Gasteiger partial charge is 0.257 e. The van der Waals surface area contributed by atoms with E-state index in [1.165, 1.54) is 23.1 Å². The fourth-order valence-corrected chi connectivity index (χ4v) is 3.29. The molecule has 164 valence electrons. The van der Waals surface area contributed by atoms with Gasteiger partial charge in [0.25, 0.3) is 5.91 Å². The third-order valence-corrected chi connectivity index (χ3v) is 5.10. The van der Waals surface area contributed by atoms with Gasteiger partial charge in [-0.3, -0.25) is 9.59 Å². The van der Waals surface area contributed by atoms with Gasteiger partial charge in [-0.05, 0) is 58.5 Å². The predicted octanol–water partition coefficient (Wildman–Crippen LogP) is 3.71. The normalized spacial score (nSPS) is 12.1. The van der Waals surface area contributed by atoms with Crippen molar-refractivity contribution in [2.45, 2.75) is 46.6 Å². The van der Waals surface area contributed by atoms with E-state index in [1.807, 2.05) is 6.92 Å². The lowest BCUT2D eigenvalue weighted by molar-refractivity contribution is -0.117. The number of hydrogen-bond donors (Lipinski definition) is 1. The van der Waals surface area contributed by atoms with Gasteiger partial charge in [-0.15, -0.1) is 0 Å². The number of nitrogens with zero attached hydrogens (tertiary/aromatic N) is 3. The van der Waals surface area contributed by atoms with Gasteiger partial charge in [-0.1, -0.05) is 31.1 Å². The van der Waals surface area contributed by atoms with Crippen LogP contribution in [0, 0.1) is 12.7 Å². The highest BCUT2D eigenvalue weighted by molar-refractivity contribution is 5.99. The number of hydrogen-bond acceptors (Lipinski definition) is 5. The number of carbonyl (C=O) groups excluding carboxylic acids is 2. The van der Waals surface area contributed by atoms with Crippen LogP contribution in [0.1, 0.15) is 49.7 Å². The van der Waals surface area contributed by atoms with Crippen molar-refractivity contribution >= 4 is 17.6 Å². The van der Waals surface area contributed by atoms with Crippen LogP contribution in [-0.4, -0.2) is 59.0 Å². The minimum absolute atomic E-state index is 0.0434. The minimum atomic E-state index is -0.602. The summed E-state index contributed by atoms with van der Waals surface area (Å²) < 4.78 is 19.2. The van der Waals surface area contributed by atoms with Crippen molar-refractivity contribution in [3.63, 3.8) is 0 Å². The number of aromatic nitrogens is 1. The van der Waals surface area contributed by atoms with Crippen molar-refractivity contribution in [1.29, 1.82) is 0 Å². The predicted molar refractivity (Wildman–Crippen MR) is 114 cm³/mol. The lowest BCUT2D eigenvalue weighted by Crippen LogP contribution is -2.44. The van der Waals surface area contributed by atoms with Gasteiger partial charge in [0.05, 0.1) is 5.56 Å². The highest BCUT2D eigenvalue weighted by Crippen LogP contribution is 2.16. The van der Waals surface area contributed by atoms with Crippen LogP contribution in [0.15, 0.2) is 34.9 Å². The van der Waals surface area contributed by atoms with Crippen LogP contribution < -0.4 is 5.32 Å². The molecule has 1 atom stereocenters. The molecule has 1 aromatic heterocycles. The van der Waals surface area contributed by atoms with E-state index in [4.69, 9.17) is 4.52 Å². The summed E-state index contributed by atoms with van der Waals surface area (Å²) >= 11 is 0. The molecular weight excluding hydrogens is 387 g/mol. The number of nitrogens with one attached hydrogen (secondary N) is 1. The first-order valence-electron chi connectivity index (χ1n) is 10.4. The van der Waals surface area contributed by atoms with Gasteiger partial charge in [0.2, 0.25) is 5.91 Å². The third-order valence-electron chi connectivity index (χ3n) is 5.10. The number of rotatable bonds is 11. The Labute approximate surface area is 177 Å². The first-order valence-corrected chi connectivity index (χ1v) is 10.4. The maximum atomic E-state index is 14.2. The number of amides is 2. The molecule has 2 amide bonds. The van der Waals surface area contributed by atoms with E-state index >= 15 is 0 Å². The van der Waals surface area contributed by atoms with Crippen molar-refractivity contribution in [2.75, 3.05) is 31.5 Å². The first-order chi connectivity index (χ1) is 14.3. The Bertz CT molecular complexity index is 835. The SMILES string of the molecule is CCN(CC)CCCC(C)N(CC(=O)Nc1cc(C)on1)C(=O)c1ccccc1F. The number of carbonyl (C=O) groups is 2. The Kier molecular flexibility index (Phi) is 8.98. The Morgan fingerprint density at radius 3 is 2.53 bits per heavy atom. The van der Waals surface area contributed by atoms with Gasteiger partial charge >= 0.3 is 0 Å². The Morgan fingerprint density at radius 2 is 1.93 bits per heavy atom. The summed E-state index contributed by atoms with van der Waals surface area (Å²) in [6.45, 7) is 10.4. The van der Waals surface area contributed by atoms with Crippen LogP contribution in [0.25, 0.3) is 0 Å². The monoisotopic (exact) mass is 418 g/mol. The molecule has 1 heterocycles. The fourth-order valence-electron chi connectivity index (χ4n) is 3.29. The fraction of sp³-hybridized carbons (Fsp3) is 0.500. The maximum Gasteiger partial charge on any atom is 0.257 e. The zero-order valence-electron chi connectivity index (χ0n) is 18.2. The van der Waals surface area contributed by atoms with Crippen molar-refractivity contribution in [3.05, 3.63) is 47.5 Å². The Balaban J connectivity index is 2.11. The summed E-state index contributed by atoms with van der Waals surface area (Å²) in [5, 5.41) is 6.36. The van der Waals surface area contributed by atoms with Crippen molar-refractivity contribution < 1.29 is 18.5 Å². The Morgan fingerprint density at radius 1 is 1.23 bits per heavy atom. The molecular formula is C22H31FN4O3. The van der Waals surface area contributed by atoms with Gasteiger partial charge in [0, 0.05) is 12.1 Å². The van der Waals surface area contributed by atoms with Crippen LogP contribution in [0.2, 0.25) is 0 Å². The van der Waals surface area contributed by atoms with Crippen molar-refractivity contribution in [3.8, 4) is 0 Å². The van der Waals surface area contributed by atoms with Crippen LogP contribution >= 0.6 is 0 Å². The van der Waals surface area contributed by atoms with Crippen LogP contribution in [0.3, 0.4) is 0 Å². The number of benzene rings is 1. The van der Waals surface area contributed by atoms with E-state index in [2.05, 4.69) is 29.2 Å². The largest absolute Gasteiger partial charge is 0.360 e. The van der Waals surface area contributed by atoms with E-state index in [-0.39, 0.29) is 24.0 Å². The second kappa shape index (κ2) is 11.4. The molecule has 0 bridgehead atoms. The standard InChI is InChI=1S/C22H31FN4O3/c1-5-26(6-2)13-9-10-16(3)27(22(29)18-11-7-8-12-19(18)23)15-21(28)24-20-14-17(4)30-25-20/h7-8,11-12,14,16H,5-6,9-10,13,15H2,1-4H3,(H,24,25,28). The van der Waals surface area contributed by atoms with Gasteiger partial charge in [-0.25, -0.2) is 4.39 Å². The van der Waals surface area contributed by atoms with Gasteiger partial charge < -0.3 is 19.6 Å². The molecule has 8 heteroatoms. The molecule has 0 saturated carbocycles. The second-order valence-electron chi connectivity index (χ2n) is 7.30. The molecule has 2 rings (SSSR count). The molecule has 0 aliphatic heterocycles. The molecule has 0 aliphatic carbocycles.